The van der Waals surface area contributed by atoms with Gasteiger partial charge in [-0.2, -0.15) is 0 Å². The number of piperazine rings is 1. The third kappa shape index (κ3) is 2.28. The molecule has 0 bridgehead atoms. The second-order valence-electron chi connectivity index (χ2n) is 3.24. The van der Waals surface area contributed by atoms with Crippen molar-refractivity contribution in [2.45, 2.75) is 20.3 Å². The van der Waals surface area contributed by atoms with Crippen LogP contribution >= 0.6 is 0 Å². The van der Waals surface area contributed by atoms with E-state index >= 15 is 0 Å². The van der Waals surface area contributed by atoms with E-state index in [1.54, 1.807) is 0 Å². The Hall–Kier alpha value is -0.900. The molecule has 0 spiro atoms. The molecule has 4 heteroatoms. The van der Waals surface area contributed by atoms with E-state index in [4.69, 9.17) is 0 Å². The van der Waals surface area contributed by atoms with E-state index in [0.29, 0.717) is 19.6 Å². The van der Waals surface area contributed by atoms with Gasteiger partial charge in [0.15, 0.2) is 0 Å². The number of rotatable bonds is 3. The number of carbonyl (C=O) groups excluding carboxylic acids is 2. The van der Waals surface area contributed by atoms with Gasteiger partial charge in [0.1, 0.15) is 0 Å². The molecule has 1 heterocycles. The number of nitrogens with zero attached hydrogens (tertiary/aromatic N) is 2. The second kappa shape index (κ2) is 4.37. The summed E-state index contributed by atoms with van der Waals surface area (Å²) in [5.74, 6) is -0.111. The average Bonchev–Trinajstić information content (AvgIpc) is 2.11. The zero-order chi connectivity index (χ0) is 9.84. The Bertz CT molecular complexity index is 198. The number of amides is 2. The standard InChI is InChI=1S/C9H16N2O2/c1-3-5-11-8(12)6-10(4-2)7-9(11)13/h3-7H2,1-2H3. The minimum atomic E-state index is -0.0556. The van der Waals surface area contributed by atoms with Gasteiger partial charge in [0, 0.05) is 6.54 Å². The molecule has 4 nitrogen and oxygen atoms in total. The van der Waals surface area contributed by atoms with Crippen LogP contribution in [0.5, 0.6) is 0 Å². The van der Waals surface area contributed by atoms with Gasteiger partial charge in [0.2, 0.25) is 11.8 Å². The molecule has 0 aromatic carbocycles. The van der Waals surface area contributed by atoms with E-state index in [1.165, 1.54) is 4.90 Å². The molecule has 1 saturated heterocycles. The van der Waals surface area contributed by atoms with Crippen molar-refractivity contribution in [1.29, 1.82) is 0 Å². The lowest BCUT2D eigenvalue weighted by Gasteiger charge is -2.31. The van der Waals surface area contributed by atoms with Gasteiger partial charge in [-0.3, -0.25) is 19.4 Å². The average molecular weight is 184 g/mol. The summed E-state index contributed by atoms with van der Waals surface area (Å²) >= 11 is 0. The summed E-state index contributed by atoms with van der Waals surface area (Å²) in [6.07, 6.45) is 0.837. The third-order valence-electron chi connectivity index (χ3n) is 2.21. The monoisotopic (exact) mass is 184 g/mol. The number of carbonyl (C=O) groups is 2. The van der Waals surface area contributed by atoms with Crippen LogP contribution in [0, 0.1) is 0 Å². The van der Waals surface area contributed by atoms with Crippen molar-refractivity contribution in [3.05, 3.63) is 0 Å². The maximum absolute atomic E-state index is 11.4. The fourth-order valence-corrected chi connectivity index (χ4v) is 1.44. The molecular formula is C9H16N2O2. The topological polar surface area (TPSA) is 40.6 Å². The van der Waals surface area contributed by atoms with Gasteiger partial charge in [-0.15, -0.1) is 0 Å². The predicted molar refractivity (Wildman–Crippen MR) is 49.1 cm³/mol. The number of imide groups is 1. The second-order valence-corrected chi connectivity index (χ2v) is 3.24. The molecule has 0 N–H and O–H groups in total. The molecule has 0 aromatic rings. The van der Waals surface area contributed by atoms with E-state index in [0.717, 1.165) is 13.0 Å². The Kier molecular flexibility index (Phi) is 3.42. The highest BCUT2D eigenvalue weighted by molar-refractivity contribution is 5.99. The van der Waals surface area contributed by atoms with Crippen molar-refractivity contribution in [3.63, 3.8) is 0 Å². The third-order valence-corrected chi connectivity index (χ3v) is 2.21. The molecule has 74 valence electrons. The fraction of sp³-hybridized carbons (Fsp3) is 0.778. The van der Waals surface area contributed by atoms with E-state index in [2.05, 4.69) is 0 Å². The lowest BCUT2D eigenvalue weighted by molar-refractivity contribution is -0.151. The first-order valence-electron chi connectivity index (χ1n) is 4.74. The summed E-state index contributed by atoms with van der Waals surface area (Å²) < 4.78 is 0. The van der Waals surface area contributed by atoms with Crippen molar-refractivity contribution in [1.82, 2.24) is 9.80 Å². The normalized spacial score (nSPS) is 19.7. The Balaban J connectivity index is 2.59. The Morgan fingerprint density at radius 2 is 1.69 bits per heavy atom. The fourth-order valence-electron chi connectivity index (χ4n) is 1.44. The minimum absolute atomic E-state index is 0.0556. The zero-order valence-electron chi connectivity index (χ0n) is 8.25. The summed E-state index contributed by atoms with van der Waals surface area (Å²) in [6.45, 7) is 6.03. The molecule has 1 rings (SSSR count). The molecule has 0 radical (unpaired) electrons. The first kappa shape index (κ1) is 10.2. The summed E-state index contributed by atoms with van der Waals surface area (Å²) in [6, 6.07) is 0. The first-order chi connectivity index (χ1) is 6.19. The molecule has 0 atom stereocenters. The number of likely N-dealkylation sites (N-methyl/N-ethyl adjacent to an activating group) is 1. The molecule has 0 aromatic heterocycles. The summed E-state index contributed by atoms with van der Waals surface area (Å²) in [4.78, 5) is 26.1. The van der Waals surface area contributed by atoms with Crippen LogP contribution in [0.2, 0.25) is 0 Å². The largest absolute Gasteiger partial charge is 0.286 e. The van der Waals surface area contributed by atoms with Gasteiger partial charge in [0.05, 0.1) is 13.1 Å². The lowest BCUT2D eigenvalue weighted by atomic mass is 10.2. The van der Waals surface area contributed by atoms with E-state index in [9.17, 15) is 9.59 Å². The van der Waals surface area contributed by atoms with Gasteiger partial charge in [0.25, 0.3) is 0 Å². The molecule has 2 amide bonds. The van der Waals surface area contributed by atoms with Crippen molar-refractivity contribution in [3.8, 4) is 0 Å². The van der Waals surface area contributed by atoms with Crippen molar-refractivity contribution in [2.75, 3.05) is 26.2 Å². The van der Waals surface area contributed by atoms with Crippen molar-refractivity contribution < 1.29 is 9.59 Å². The van der Waals surface area contributed by atoms with Gasteiger partial charge < -0.3 is 0 Å². The lowest BCUT2D eigenvalue weighted by Crippen LogP contribution is -2.53. The van der Waals surface area contributed by atoms with Crippen LogP contribution in [0.15, 0.2) is 0 Å². The zero-order valence-corrected chi connectivity index (χ0v) is 8.25. The molecule has 1 aliphatic rings. The molecule has 1 aliphatic heterocycles. The Morgan fingerprint density at radius 3 is 2.08 bits per heavy atom. The number of hydrogen-bond acceptors (Lipinski definition) is 3. The highest BCUT2D eigenvalue weighted by Gasteiger charge is 2.28. The Labute approximate surface area is 78.5 Å². The van der Waals surface area contributed by atoms with Crippen LogP contribution < -0.4 is 0 Å². The molecule has 13 heavy (non-hydrogen) atoms. The number of hydrogen-bond donors (Lipinski definition) is 0. The van der Waals surface area contributed by atoms with E-state index in [-0.39, 0.29) is 11.8 Å². The maximum Gasteiger partial charge on any atom is 0.243 e. The van der Waals surface area contributed by atoms with Gasteiger partial charge >= 0.3 is 0 Å². The quantitative estimate of drug-likeness (QED) is 0.583. The summed E-state index contributed by atoms with van der Waals surface area (Å²) in [5.41, 5.74) is 0. The van der Waals surface area contributed by atoms with E-state index < -0.39 is 0 Å². The van der Waals surface area contributed by atoms with E-state index in [1.807, 2.05) is 18.7 Å². The molecular weight excluding hydrogens is 168 g/mol. The smallest absolute Gasteiger partial charge is 0.243 e. The SMILES string of the molecule is CCCN1C(=O)CN(CC)CC1=O. The molecule has 0 aliphatic carbocycles. The van der Waals surface area contributed by atoms with Crippen LogP contribution in [0.3, 0.4) is 0 Å². The van der Waals surface area contributed by atoms with Crippen LogP contribution in [0.4, 0.5) is 0 Å². The van der Waals surface area contributed by atoms with Gasteiger partial charge in [-0.05, 0) is 13.0 Å². The van der Waals surface area contributed by atoms with Crippen molar-refractivity contribution in [2.24, 2.45) is 0 Å². The highest BCUT2D eigenvalue weighted by atomic mass is 16.2. The molecule has 0 unspecified atom stereocenters. The van der Waals surface area contributed by atoms with Crippen LogP contribution in [0.1, 0.15) is 20.3 Å². The van der Waals surface area contributed by atoms with Crippen LogP contribution in [-0.4, -0.2) is 47.8 Å². The maximum atomic E-state index is 11.4. The Morgan fingerprint density at radius 1 is 1.15 bits per heavy atom. The summed E-state index contributed by atoms with van der Waals surface area (Å²) in [5, 5.41) is 0. The molecule has 1 fully saturated rings. The van der Waals surface area contributed by atoms with Gasteiger partial charge in [-0.25, -0.2) is 0 Å². The highest BCUT2D eigenvalue weighted by Crippen LogP contribution is 2.04. The molecule has 0 saturated carbocycles. The minimum Gasteiger partial charge on any atom is -0.286 e. The van der Waals surface area contributed by atoms with Crippen molar-refractivity contribution >= 4 is 11.8 Å². The first-order valence-corrected chi connectivity index (χ1v) is 4.74. The van der Waals surface area contributed by atoms with Crippen LogP contribution in [-0.2, 0) is 9.59 Å². The van der Waals surface area contributed by atoms with Crippen LogP contribution in [0.25, 0.3) is 0 Å². The predicted octanol–water partition coefficient (Wildman–Crippen LogP) is 0.0871. The van der Waals surface area contributed by atoms with Gasteiger partial charge in [-0.1, -0.05) is 13.8 Å². The summed E-state index contributed by atoms with van der Waals surface area (Å²) in [7, 11) is 0.